The Morgan fingerprint density at radius 1 is 0.703 bits per heavy atom. The fourth-order valence-corrected chi connectivity index (χ4v) is 8.32. The summed E-state index contributed by atoms with van der Waals surface area (Å²) < 4.78 is 58.9. The predicted molar refractivity (Wildman–Crippen MR) is 148 cm³/mol. The highest BCUT2D eigenvalue weighted by molar-refractivity contribution is 7.95. The molecule has 37 heavy (non-hydrogen) atoms. The minimum atomic E-state index is -6.09. The molecule has 0 saturated carbocycles. The summed E-state index contributed by atoms with van der Waals surface area (Å²) in [5.41, 5.74) is -5.65. The summed E-state index contributed by atoms with van der Waals surface area (Å²) in [6.07, 6.45) is 13.7. The van der Waals surface area contributed by atoms with Gasteiger partial charge in [-0.05, 0) is 49.2 Å². The first-order valence-corrected chi connectivity index (χ1v) is 15.7. The fraction of sp³-hybridized carbons (Fsp3) is 0.310. The molecule has 0 spiro atoms. The van der Waals surface area contributed by atoms with Crippen molar-refractivity contribution in [3.8, 4) is 0 Å². The lowest BCUT2D eigenvalue weighted by Crippen LogP contribution is -2.33. The molecule has 0 radical (unpaired) electrons. The summed E-state index contributed by atoms with van der Waals surface area (Å²) in [5.74, 6) is 0. The zero-order valence-corrected chi connectivity index (χ0v) is 22.7. The largest absolute Gasteiger partial charge is 0.741 e. The zero-order chi connectivity index (χ0) is 27.2. The molecule has 0 heterocycles. The monoisotopic (exact) mass is 550 g/mol. The van der Waals surface area contributed by atoms with E-state index >= 15 is 0 Å². The Labute approximate surface area is 219 Å². The molecule has 0 aliphatic carbocycles. The minimum Gasteiger partial charge on any atom is -0.741 e. The smallest absolute Gasteiger partial charge is 0.485 e. The first-order chi connectivity index (χ1) is 17.6. The molecule has 200 valence electrons. The Morgan fingerprint density at radius 3 is 1.43 bits per heavy atom. The van der Waals surface area contributed by atoms with Crippen LogP contribution in [0.4, 0.5) is 13.2 Å². The summed E-state index contributed by atoms with van der Waals surface area (Å²) in [5, 5.41) is 4.44. The van der Waals surface area contributed by atoms with Crippen molar-refractivity contribution in [3.05, 3.63) is 103 Å². The van der Waals surface area contributed by atoms with E-state index in [1.54, 1.807) is 0 Å². The number of alkyl halides is 3. The summed E-state index contributed by atoms with van der Waals surface area (Å²) in [6.45, 7) is 2.27. The van der Waals surface area contributed by atoms with Gasteiger partial charge in [-0.1, -0.05) is 92.9 Å². The van der Waals surface area contributed by atoms with E-state index in [-0.39, 0.29) is 0 Å². The van der Waals surface area contributed by atoms with Crippen LogP contribution in [0.25, 0.3) is 0 Å². The highest BCUT2D eigenvalue weighted by Crippen LogP contribution is 2.55. The Morgan fingerprint density at radius 2 is 1.08 bits per heavy atom. The lowest BCUT2D eigenvalue weighted by molar-refractivity contribution is -0.0517. The number of hydrogen-bond donors (Lipinski definition) is 0. The Bertz CT molecular complexity index is 1070. The van der Waals surface area contributed by atoms with Crippen LogP contribution in [0, 0.1) is 0 Å². The molecule has 3 aromatic carbocycles. The number of rotatable bonds is 11. The molecule has 0 amide bonds. The van der Waals surface area contributed by atoms with Gasteiger partial charge >= 0.3 is 5.51 Å². The fourth-order valence-electron chi connectivity index (χ4n) is 4.07. The van der Waals surface area contributed by atoms with Crippen LogP contribution >= 0.6 is 7.26 Å². The summed E-state index contributed by atoms with van der Waals surface area (Å²) >= 11 is 0. The van der Waals surface area contributed by atoms with E-state index in [9.17, 15) is 13.2 Å². The maximum absolute atomic E-state index is 10.7. The van der Waals surface area contributed by atoms with Crippen molar-refractivity contribution < 1.29 is 26.1 Å². The molecule has 0 aliphatic rings. The molecule has 0 saturated heterocycles. The minimum absolute atomic E-state index is 1.13. The van der Waals surface area contributed by atoms with E-state index < -0.39 is 22.9 Å². The molecule has 3 rings (SSSR count). The molecule has 0 fully saturated rings. The molecular formula is C29H34F3O3PS. The van der Waals surface area contributed by atoms with Crippen LogP contribution in [0.1, 0.15) is 45.4 Å². The lowest BCUT2D eigenvalue weighted by atomic mass is 10.1. The third-order valence-corrected chi connectivity index (χ3v) is 10.9. The van der Waals surface area contributed by atoms with Gasteiger partial charge in [0, 0.05) is 6.42 Å². The van der Waals surface area contributed by atoms with Gasteiger partial charge in [0.1, 0.15) is 23.2 Å². The average Bonchev–Trinajstić information content (AvgIpc) is 2.89. The number of benzene rings is 3. The van der Waals surface area contributed by atoms with Gasteiger partial charge in [0.2, 0.25) is 0 Å². The summed E-state index contributed by atoms with van der Waals surface area (Å²) in [6, 6.07) is 33.6. The topological polar surface area (TPSA) is 57.2 Å². The Kier molecular flexibility index (Phi) is 12.5. The number of hydrogen-bond acceptors (Lipinski definition) is 3. The molecule has 0 aliphatic heterocycles. The standard InChI is InChI=1S/C28H34P.CHF3O3S/c1-2-3-4-5-6-7-8-18-25-29(26-19-12-9-13-20-26,27-21-14-10-15-22-27)28-23-16-11-17-24-28;2-1(3,4)8(5,6)7/h7-17,19-24H,2-6,18,25H2,1H3;(H,5,6,7)/q+1;/p-1/b8-7+;. The normalized spacial score (nSPS) is 12.2. The molecule has 0 aromatic heterocycles. The van der Waals surface area contributed by atoms with Crippen LogP contribution in [-0.2, 0) is 10.1 Å². The van der Waals surface area contributed by atoms with Crippen molar-refractivity contribution in [2.45, 2.75) is 51.0 Å². The second kappa shape index (κ2) is 15.1. The van der Waals surface area contributed by atoms with Crippen LogP contribution in [0.3, 0.4) is 0 Å². The van der Waals surface area contributed by atoms with Gasteiger partial charge in [-0.15, -0.1) is 0 Å². The van der Waals surface area contributed by atoms with E-state index in [0.29, 0.717) is 0 Å². The molecule has 3 nitrogen and oxygen atoms in total. The SMILES string of the molecule is CCCCCC/C=C/CC[P+](c1ccccc1)(c1ccccc1)c1ccccc1.O=S(=O)([O-])C(F)(F)F. The first-order valence-electron chi connectivity index (χ1n) is 12.3. The molecule has 0 N–H and O–H groups in total. The van der Waals surface area contributed by atoms with Gasteiger partial charge in [-0.25, -0.2) is 8.42 Å². The van der Waals surface area contributed by atoms with Crippen LogP contribution < -0.4 is 15.9 Å². The van der Waals surface area contributed by atoms with Crippen molar-refractivity contribution in [1.29, 1.82) is 0 Å². The van der Waals surface area contributed by atoms with Gasteiger partial charge in [0.05, 0.1) is 6.16 Å². The number of allylic oxidation sites excluding steroid dienone is 2. The van der Waals surface area contributed by atoms with E-state index in [1.807, 2.05) is 0 Å². The van der Waals surface area contributed by atoms with Crippen LogP contribution in [0.2, 0.25) is 0 Å². The lowest BCUT2D eigenvalue weighted by Gasteiger charge is -2.27. The van der Waals surface area contributed by atoms with Crippen molar-refractivity contribution in [3.63, 3.8) is 0 Å². The van der Waals surface area contributed by atoms with Gasteiger partial charge in [0.25, 0.3) is 0 Å². The quantitative estimate of drug-likeness (QED) is 0.0854. The van der Waals surface area contributed by atoms with Crippen molar-refractivity contribution in [2.24, 2.45) is 0 Å². The number of unbranched alkanes of at least 4 members (excludes halogenated alkanes) is 4. The van der Waals surface area contributed by atoms with E-state index in [4.69, 9.17) is 13.0 Å². The Balaban J connectivity index is 0.000000521. The summed E-state index contributed by atoms with van der Waals surface area (Å²) in [7, 11) is -7.76. The highest BCUT2D eigenvalue weighted by Gasteiger charge is 2.44. The van der Waals surface area contributed by atoms with Gasteiger partial charge in [-0.2, -0.15) is 13.2 Å². The van der Waals surface area contributed by atoms with Gasteiger partial charge in [-0.3, -0.25) is 0 Å². The second-order valence-corrected chi connectivity index (χ2v) is 13.5. The second-order valence-electron chi connectivity index (χ2n) is 8.55. The maximum Gasteiger partial charge on any atom is 0.485 e. The van der Waals surface area contributed by atoms with Crippen LogP contribution in [0.5, 0.6) is 0 Å². The molecule has 3 aromatic rings. The molecule has 0 unspecified atom stereocenters. The van der Waals surface area contributed by atoms with Gasteiger partial charge in [0.15, 0.2) is 10.1 Å². The molecule has 0 bridgehead atoms. The first kappa shape index (κ1) is 30.8. The van der Waals surface area contributed by atoms with E-state index in [2.05, 4.69) is 110 Å². The predicted octanol–water partition coefficient (Wildman–Crippen LogP) is 6.95. The zero-order valence-electron chi connectivity index (χ0n) is 21.0. The van der Waals surface area contributed by atoms with Crippen molar-refractivity contribution in [1.82, 2.24) is 0 Å². The molecular weight excluding hydrogens is 516 g/mol. The molecule has 0 atom stereocenters. The van der Waals surface area contributed by atoms with Crippen LogP contribution in [-0.4, -0.2) is 24.6 Å². The number of halogens is 3. The van der Waals surface area contributed by atoms with Crippen LogP contribution in [0.15, 0.2) is 103 Å². The highest BCUT2D eigenvalue weighted by atomic mass is 32.2. The third-order valence-electron chi connectivity index (χ3n) is 5.90. The average molecular weight is 551 g/mol. The Hall–Kier alpha value is -2.47. The maximum atomic E-state index is 10.7. The third kappa shape index (κ3) is 9.41. The molecule has 8 heteroatoms. The van der Waals surface area contributed by atoms with Crippen molar-refractivity contribution in [2.75, 3.05) is 6.16 Å². The summed E-state index contributed by atoms with van der Waals surface area (Å²) in [4.78, 5) is 0. The van der Waals surface area contributed by atoms with E-state index in [0.717, 1.165) is 6.42 Å². The van der Waals surface area contributed by atoms with Crippen molar-refractivity contribution >= 4 is 33.3 Å². The van der Waals surface area contributed by atoms with Gasteiger partial charge < -0.3 is 4.55 Å². The van der Waals surface area contributed by atoms with E-state index in [1.165, 1.54) is 54.2 Å².